The highest BCUT2D eigenvalue weighted by atomic mass is 16.6. The van der Waals surface area contributed by atoms with Crippen LogP contribution in [0.5, 0.6) is 0 Å². The van der Waals surface area contributed by atoms with Crippen molar-refractivity contribution in [1.82, 2.24) is 19.7 Å². The number of H-pyrrole nitrogens is 1. The van der Waals surface area contributed by atoms with Crippen LogP contribution in [0.2, 0.25) is 0 Å². The van der Waals surface area contributed by atoms with E-state index >= 15 is 0 Å². The molecule has 1 aliphatic carbocycles. The number of benzene rings is 1. The molecule has 0 unspecified atom stereocenters. The molecule has 1 aromatic carbocycles. The third-order valence-electron chi connectivity index (χ3n) is 6.24. The van der Waals surface area contributed by atoms with Crippen molar-refractivity contribution in [1.29, 1.82) is 0 Å². The van der Waals surface area contributed by atoms with Gasteiger partial charge in [0.05, 0.1) is 23.1 Å². The zero-order chi connectivity index (χ0) is 20.8. The summed E-state index contributed by atoms with van der Waals surface area (Å²) in [5.74, 6) is 0.740. The molecule has 2 aliphatic rings. The number of hydrogen-bond donors (Lipinski definition) is 2. The van der Waals surface area contributed by atoms with E-state index in [4.69, 9.17) is 10.7 Å². The monoisotopic (exact) mass is 409 g/mol. The molecule has 2 aromatic heterocycles. The number of fused-ring (bicyclic) bond motifs is 1. The predicted octanol–water partition coefficient (Wildman–Crippen LogP) is 2.72. The smallest absolute Gasteiger partial charge is 0.292 e. The molecule has 0 radical (unpaired) electrons. The number of nitrogen functional groups attached to an aromatic ring is 1. The van der Waals surface area contributed by atoms with Crippen LogP contribution in [-0.2, 0) is 0 Å². The van der Waals surface area contributed by atoms with E-state index in [1.165, 1.54) is 25.3 Å². The van der Waals surface area contributed by atoms with Crippen LogP contribution in [-0.4, -0.2) is 37.8 Å². The summed E-state index contributed by atoms with van der Waals surface area (Å²) in [7, 11) is 0. The van der Waals surface area contributed by atoms with Crippen LogP contribution < -0.4 is 16.2 Å². The molecule has 1 aliphatic heterocycles. The lowest BCUT2D eigenvalue weighted by atomic mass is 9.95. The number of aromatic nitrogens is 4. The van der Waals surface area contributed by atoms with Gasteiger partial charge in [-0.1, -0.05) is 19.3 Å². The van der Waals surface area contributed by atoms with E-state index in [9.17, 15) is 14.9 Å². The minimum atomic E-state index is -0.489. The Balaban J connectivity index is 1.38. The molecular weight excluding hydrogens is 386 g/mol. The predicted molar refractivity (Wildman–Crippen MR) is 113 cm³/mol. The summed E-state index contributed by atoms with van der Waals surface area (Å²) < 4.78 is 1.93. The number of hydrogen-bond acceptors (Lipinski definition) is 7. The van der Waals surface area contributed by atoms with E-state index < -0.39 is 4.92 Å². The molecule has 2 fully saturated rings. The second-order valence-electron chi connectivity index (χ2n) is 8.17. The van der Waals surface area contributed by atoms with E-state index in [-0.39, 0.29) is 22.9 Å². The molecule has 0 spiro atoms. The maximum atomic E-state index is 12.6. The summed E-state index contributed by atoms with van der Waals surface area (Å²) >= 11 is 0. The van der Waals surface area contributed by atoms with Gasteiger partial charge in [-0.05, 0) is 25.0 Å². The van der Waals surface area contributed by atoms with Crippen molar-refractivity contribution in [3.8, 4) is 0 Å². The number of nitro benzene ring substituents is 1. The van der Waals surface area contributed by atoms with Gasteiger partial charge < -0.3 is 15.6 Å². The normalized spacial score (nSPS) is 17.9. The van der Waals surface area contributed by atoms with Crippen LogP contribution in [0.4, 0.5) is 17.1 Å². The van der Waals surface area contributed by atoms with Crippen LogP contribution in [0, 0.1) is 10.1 Å². The molecule has 30 heavy (non-hydrogen) atoms. The van der Waals surface area contributed by atoms with Gasteiger partial charge in [0.25, 0.3) is 11.2 Å². The number of nitrogens with two attached hydrogens (primary N) is 1. The highest BCUT2D eigenvalue weighted by Gasteiger charge is 2.32. The van der Waals surface area contributed by atoms with Crippen LogP contribution in [0.3, 0.4) is 0 Å². The summed E-state index contributed by atoms with van der Waals surface area (Å²) in [6.45, 7) is 1.31. The van der Waals surface area contributed by atoms with Gasteiger partial charge in [0.2, 0.25) is 0 Å². The zero-order valence-corrected chi connectivity index (χ0v) is 16.5. The molecule has 0 bridgehead atoms. The van der Waals surface area contributed by atoms with Crippen molar-refractivity contribution in [3.63, 3.8) is 0 Å². The maximum Gasteiger partial charge on any atom is 0.292 e. The lowest BCUT2D eigenvalue weighted by Crippen LogP contribution is -2.46. The van der Waals surface area contributed by atoms with E-state index in [0.717, 1.165) is 18.5 Å². The first-order valence-electron chi connectivity index (χ1n) is 10.3. The summed E-state index contributed by atoms with van der Waals surface area (Å²) in [5.41, 5.74) is 7.19. The minimum absolute atomic E-state index is 0.0771. The van der Waals surface area contributed by atoms with Crippen molar-refractivity contribution < 1.29 is 4.92 Å². The van der Waals surface area contributed by atoms with Gasteiger partial charge in [0, 0.05) is 24.8 Å². The highest BCUT2D eigenvalue weighted by molar-refractivity contribution is 5.73. The van der Waals surface area contributed by atoms with Crippen molar-refractivity contribution in [2.45, 2.75) is 44.1 Å². The fourth-order valence-corrected chi connectivity index (χ4v) is 4.51. The first-order chi connectivity index (χ1) is 14.5. The Labute approximate surface area is 171 Å². The molecule has 3 N–H and O–H groups in total. The molecule has 10 heteroatoms. The summed E-state index contributed by atoms with van der Waals surface area (Å²) in [4.78, 5) is 32.8. The number of rotatable bonds is 4. The first-order valence-corrected chi connectivity index (χ1v) is 10.3. The summed E-state index contributed by atoms with van der Waals surface area (Å²) in [6, 6.07) is 5.04. The lowest BCUT2D eigenvalue weighted by Gasteiger charge is -2.40. The van der Waals surface area contributed by atoms with Crippen LogP contribution in [0.25, 0.3) is 11.0 Å². The Morgan fingerprint density at radius 1 is 1.20 bits per heavy atom. The largest absolute Gasteiger partial charge is 0.393 e. The van der Waals surface area contributed by atoms with Crippen molar-refractivity contribution in [2.24, 2.45) is 0 Å². The first kappa shape index (κ1) is 18.6. The molecule has 10 nitrogen and oxygen atoms in total. The lowest BCUT2D eigenvalue weighted by molar-refractivity contribution is -0.383. The molecule has 0 atom stereocenters. The average Bonchev–Trinajstić information content (AvgIpc) is 3.12. The number of nitrogens with zero attached hydrogens (tertiary/aromatic N) is 5. The highest BCUT2D eigenvalue weighted by Crippen LogP contribution is 2.34. The van der Waals surface area contributed by atoms with Crippen molar-refractivity contribution in [3.05, 3.63) is 50.7 Å². The standard InChI is InChI=1S/C20H23N7O3/c21-16-8-14(6-7-17(16)27(29)30)25-10-12(11-25)18-23-19-15(20(28)24-18)9-22-26(19)13-4-2-1-3-5-13/h6-9,12-13H,1-5,10-11,21H2,(H,23,24,28). The average molecular weight is 409 g/mol. The second kappa shape index (κ2) is 7.12. The number of anilines is 2. The van der Waals surface area contributed by atoms with E-state index in [0.29, 0.717) is 36.0 Å². The third kappa shape index (κ3) is 3.08. The molecule has 0 amide bonds. The molecule has 3 heterocycles. The summed E-state index contributed by atoms with van der Waals surface area (Å²) in [5, 5.41) is 15.9. The molecule has 5 rings (SSSR count). The third-order valence-corrected chi connectivity index (χ3v) is 6.24. The van der Waals surface area contributed by atoms with Gasteiger partial charge in [-0.25, -0.2) is 9.67 Å². The van der Waals surface area contributed by atoms with Crippen molar-refractivity contribution in [2.75, 3.05) is 23.7 Å². The molecule has 1 saturated carbocycles. The van der Waals surface area contributed by atoms with Gasteiger partial charge in [0.1, 0.15) is 16.9 Å². The second-order valence-corrected chi connectivity index (χ2v) is 8.17. The number of aromatic amines is 1. The minimum Gasteiger partial charge on any atom is -0.393 e. The Morgan fingerprint density at radius 2 is 1.97 bits per heavy atom. The fraction of sp³-hybridized carbons (Fsp3) is 0.450. The number of nitro groups is 1. The van der Waals surface area contributed by atoms with E-state index in [2.05, 4.69) is 15.0 Å². The van der Waals surface area contributed by atoms with Crippen LogP contribution in [0.1, 0.15) is 49.9 Å². The molecule has 156 valence electrons. The van der Waals surface area contributed by atoms with Crippen molar-refractivity contribution >= 4 is 28.1 Å². The van der Waals surface area contributed by atoms with E-state index in [1.54, 1.807) is 18.3 Å². The van der Waals surface area contributed by atoms with E-state index in [1.807, 2.05) is 4.68 Å². The quantitative estimate of drug-likeness (QED) is 0.384. The molecule has 1 saturated heterocycles. The van der Waals surface area contributed by atoms with Gasteiger partial charge in [-0.2, -0.15) is 5.10 Å². The van der Waals surface area contributed by atoms with Crippen LogP contribution in [0.15, 0.2) is 29.2 Å². The Hall–Kier alpha value is -3.43. The maximum absolute atomic E-state index is 12.6. The van der Waals surface area contributed by atoms with Gasteiger partial charge in [0.15, 0.2) is 5.65 Å². The summed E-state index contributed by atoms with van der Waals surface area (Å²) in [6.07, 6.45) is 7.36. The van der Waals surface area contributed by atoms with Crippen LogP contribution >= 0.6 is 0 Å². The van der Waals surface area contributed by atoms with Gasteiger partial charge in [-0.15, -0.1) is 0 Å². The molecule has 3 aromatic rings. The van der Waals surface area contributed by atoms with Gasteiger partial charge >= 0.3 is 0 Å². The van der Waals surface area contributed by atoms with Gasteiger partial charge in [-0.3, -0.25) is 14.9 Å². The zero-order valence-electron chi connectivity index (χ0n) is 16.5. The SMILES string of the molecule is Nc1cc(N2CC(c3nc4c(cnn4C4CCCCC4)c(=O)[nH]3)C2)ccc1[N+](=O)[O-]. The topological polar surface area (TPSA) is 136 Å². The number of nitrogens with one attached hydrogen (secondary N) is 1. The Morgan fingerprint density at radius 3 is 2.67 bits per heavy atom. The Kier molecular flexibility index (Phi) is 4.41. The fourth-order valence-electron chi connectivity index (χ4n) is 4.51. The Bertz CT molecular complexity index is 1170. The molecular formula is C20H23N7O3.